The maximum absolute atomic E-state index is 12.6. The normalized spacial score (nSPS) is 20.1. The highest BCUT2D eigenvalue weighted by molar-refractivity contribution is 5.97. The van der Waals surface area contributed by atoms with Crippen LogP contribution in [0.5, 0.6) is 23.0 Å². The van der Waals surface area contributed by atoms with Crippen molar-refractivity contribution in [2.45, 2.75) is 39.4 Å². The fourth-order valence-electron chi connectivity index (χ4n) is 3.79. The summed E-state index contributed by atoms with van der Waals surface area (Å²) in [6, 6.07) is 2.30. The van der Waals surface area contributed by atoms with Crippen LogP contribution < -0.4 is 4.74 Å². The summed E-state index contributed by atoms with van der Waals surface area (Å²) >= 11 is 0. The largest absolute Gasteiger partial charge is 0.508 e. The lowest BCUT2D eigenvalue weighted by Crippen LogP contribution is -2.48. The molecule has 1 aliphatic heterocycles. The first-order valence-corrected chi connectivity index (χ1v) is 9.48. The minimum Gasteiger partial charge on any atom is -0.508 e. The number of fused-ring (bicyclic) bond motifs is 1. The molecule has 1 heterocycles. The monoisotopic (exact) mass is 432 g/mol. The number of phenols is 3. The Morgan fingerprint density at radius 2 is 1.71 bits per heavy atom. The van der Waals surface area contributed by atoms with Crippen molar-refractivity contribution in [2.75, 3.05) is 13.7 Å². The van der Waals surface area contributed by atoms with E-state index in [4.69, 9.17) is 14.2 Å². The number of carbonyl (C=O) groups is 2. The molecule has 2 aromatic rings. The van der Waals surface area contributed by atoms with Crippen LogP contribution >= 0.6 is 0 Å². The van der Waals surface area contributed by atoms with Crippen LogP contribution in [-0.4, -0.2) is 51.9 Å². The first kappa shape index (κ1) is 22.2. The molecule has 0 unspecified atom stereocenters. The van der Waals surface area contributed by atoms with Gasteiger partial charge in [0, 0.05) is 12.1 Å². The van der Waals surface area contributed by atoms with Gasteiger partial charge < -0.3 is 34.6 Å². The van der Waals surface area contributed by atoms with Gasteiger partial charge in [-0.25, -0.2) is 9.59 Å². The predicted molar refractivity (Wildman–Crippen MR) is 108 cm³/mol. The van der Waals surface area contributed by atoms with Gasteiger partial charge in [-0.2, -0.15) is 0 Å². The highest BCUT2D eigenvalue weighted by Crippen LogP contribution is 2.45. The molecule has 9 nitrogen and oxygen atoms in total. The summed E-state index contributed by atoms with van der Waals surface area (Å²) in [5.41, 5.74) is 1.25. The van der Waals surface area contributed by atoms with Gasteiger partial charge in [-0.15, -0.1) is 0 Å². The van der Waals surface area contributed by atoms with Crippen molar-refractivity contribution < 1.29 is 44.2 Å². The number of benzene rings is 2. The van der Waals surface area contributed by atoms with E-state index in [2.05, 4.69) is 0 Å². The lowest BCUT2D eigenvalue weighted by atomic mass is 9.82. The van der Waals surface area contributed by atoms with Crippen molar-refractivity contribution >= 4 is 11.9 Å². The van der Waals surface area contributed by atoms with E-state index in [-0.39, 0.29) is 22.6 Å². The third-order valence-corrected chi connectivity index (χ3v) is 5.84. The van der Waals surface area contributed by atoms with E-state index in [1.165, 1.54) is 20.1 Å². The molecule has 31 heavy (non-hydrogen) atoms. The molecule has 2 atom stereocenters. The van der Waals surface area contributed by atoms with Crippen molar-refractivity contribution in [2.24, 2.45) is 0 Å². The number of aromatic hydroxyl groups is 3. The molecule has 0 saturated heterocycles. The van der Waals surface area contributed by atoms with Crippen LogP contribution in [0.15, 0.2) is 12.1 Å². The third-order valence-electron chi connectivity index (χ3n) is 5.84. The highest BCUT2D eigenvalue weighted by Gasteiger charge is 2.48. The summed E-state index contributed by atoms with van der Waals surface area (Å²) in [7, 11) is 1.41. The van der Waals surface area contributed by atoms with Gasteiger partial charge in [0.1, 0.15) is 34.1 Å². The summed E-state index contributed by atoms with van der Waals surface area (Å²) in [5.74, 6) is -5.75. The summed E-state index contributed by atoms with van der Waals surface area (Å²) < 4.78 is 15.6. The Morgan fingerprint density at radius 3 is 2.32 bits per heavy atom. The van der Waals surface area contributed by atoms with E-state index >= 15 is 0 Å². The number of cyclic esters (lactones) is 1. The second-order valence-electron chi connectivity index (χ2n) is 7.58. The van der Waals surface area contributed by atoms with E-state index in [0.717, 1.165) is 6.07 Å². The Balaban J connectivity index is 1.94. The van der Waals surface area contributed by atoms with Crippen LogP contribution in [0, 0.1) is 20.8 Å². The van der Waals surface area contributed by atoms with Crippen LogP contribution in [0.2, 0.25) is 0 Å². The number of methoxy groups -OCH3 is 1. The molecule has 0 amide bonds. The van der Waals surface area contributed by atoms with Gasteiger partial charge in [0.15, 0.2) is 6.61 Å². The van der Waals surface area contributed by atoms with Crippen molar-refractivity contribution in [1.82, 2.24) is 0 Å². The number of hydrogen-bond donors (Lipinski definition) is 4. The highest BCUT2D eigenvalue weighted by atomic mass is 16.7. The second kappa shape index (κ2) is 7.66. The number of hydrogen-bond acceptors (Lipinski definition) is 9. The van der Waals surface area contributed by atoms with E-state index in [1.807, 2.05) is 0 Å². The molecule has 0 bridgehead atoms. The number of aliphatic hydroxyl groups is 1. The number of ether oxygens (including phenoxy) is 3. The summed E-state index contributed by atoms with van der Waals surface area (Å²) in [6.45, 7) is 5.59. The summed E-state index contributed by atoms with van der Waals surface area (Å²) in [6.07, 6.45) is 0. The average Bonchev–Trinajstić information content (AvgIpc) is 2.70. The van der Waals surface area contributed by atoms with Crippen molar-refractivity contribution in [1.29, 1.82) is 0 Å². The Kier molecular flexibility index (Phi) is 5.49. The Hall–Kier alpha value is -3.46. The fraction of sp³-hybridized carbons (Fsp3) is 0.364. The number of phenolic OH excluding ortho intramolecular Hbond substituents is 3. The molecule has 0 aromatic heterocycles. The van der Waals surface area contributed by atoms with Crippen molar-refractivity contribution in [3.05, 3.63) is 45.5 Å². The Labute approximate surface area is 178 Å². The lowest BCUT2D eigenvalue weighted by Gasteiger charge is -2.38. The van der Waals surface area contributed by atoms with Gasteiger partial charge in [0.2, 0.25) is 0 Å². The van der Waals surface area contributed by atoms with Crippen LogP contribution in [0.1, 0.15) is 55.8 Å². The first-order chi connectivity index (χ1) is 14.4. The molecular weight excluding hydrogens is 408 g/mol. The van der Waals surface area contributed by atoms with Gasteiger partial charge in [-0.1, -0.05) is 6.92 Å². The summed E-state index contributed by atoms with van der Waals surface area (Å²) in [4.78, 5) is 25.1. The average molecular weight is 432 g/mol. The molecule has 0 radical (unpaired) electrons. The van der Waals surface area contributed by atoms with E-state index in [0.29, 0.717) is 28.0 Å². The smallest absolute Gasteiger partial charge is 0.344 e. The van der Waals surface area contributed by atoms with Gasteiger partial charge in [0.25, 0.3) is 5.79 Å². The summed E-state index contributed by atoms with van der Waals surface area (Å²) in [5, 5.41) is 41.1. The fourth-order valence-corrected chi connectivity index (χ4v) is 3.79. The van der Waals surface area contributed by atoms with Gasteiger partial charge in [-0.3, -0.25) is 0 Å². The van der Waals surface area contributed by atoms with Crippen molar-refractivity contribution in [3.8, 4) is 23.0 Å². The lowest BCUT2D eigenvalue weighted by molar-refractivity contribution is -0.206. The first-order valence-electron chi connectivity index (χ1n) is 9.48. The standard InChI is InChI=1S/C22H24O9/c1-9-10(2)18(14(24)6-13(9)23)20(26)30-8-22(28)12(4)17-11(3)16(29-5)7-15(25)19(17)21(27)31-22/h6-7,12,23-25,28H,8H2,1-5H3/t12-,22+/m0/s1. The molecular formula is C22H24O9. The maximum atomic E-state index is 12.6. The molecule has 4 N–H and O–H groups in total. The Morgan fingerprint density at radius 1 is 1.06 bits per heavy atom. The molecule has 1 aliphatic rings. The number of rotatable bonds is 4. The Bertz CT molecular complexity index is 1090. The molecule has 0 fully saturated rings. The number of esters is 2. The maximum Gasteiger partial charge on any atom is 0.344 e. The molecule has 3 rings (SSSR count). The van der Waals surface area contributed by atoms with Crippen molar-refractivity contribution in [3.63, 3.8) is 0 Å². The van der Waals surface area contributed by atoms with Gasteiger partial charge in [0.05, 0.1) is 13.0 Å². The van der Waals surface area contributed by atoms with Crippen LogP contribution in [0.4, 0.5) is 0 Å². The molecule has 0 aliphatic carbocycles. The van der Waals surface area contributed by atoms with Crippen LogP contribution in [0.25, 0.3) is 0 Å². The molecule has 9 heteroatoms. The van der Waals surface area contributed by atoms with E-state index in [1.54, 1.807) is 20.8 Å². The second-order valence-corrected chi connectivity index (χ2v) is 7.58. The molecule has 2 aromatic carbocycles. The van der Waals surface area contributed by atoms with Crippen LogP contribution in [-0.2, 0) is 9.47 Å². The van der Waals surface area contributed by atoms with Crippen LogP contribution in [0.3, 0.4) is 0 Å². The zero-order valence-electron chi connectivity index (χ0n) is 17.8. The zero-order valence-corrected chi connectivity index (χ0v) is 17.8. The minimum absolute atomic E-state index is 0.0931. The minimum atomic E-state index is -2.22. The predicted octanol–water partition coefficient (Wildman–Crippen LogP) is 2.56. The topological polar surface area (TPSA) is 143 Å². The number of carbonyl (C=O) groups excluding carboxylic acids is 2. The third kappa shape index (κ3) is 3.50. The van der Waals surface area contributed by atoms with E-state index < -0.39 is 36.0 Å². The molecule has 166 valence electrons. The SMILES string of the molecule is COc1cc(O)c2c(c1C)[C@H](C)[C@@](O)(COC(=O)c1c(O)cc(O)c(C)c1C)OC2=O. The zero-order chi connectivity index (χ0) is 23.2. The van der Waals surface area contributed by atoms with E-state index in [9.17, 15) is 30.0 Å². The van der Waals surface area contributed by atoms with Gasteiger partial charge >= 0.3 is 11.9 Å². The molecule has 0 spiro atoms. The molecule has 0 saturated carbocycles. The van der Waals surface area contributed by atoms with Gasteiger partial charge in [-0.05, 0) is 43.0 Å². The quantitative estimate of drug-likeness (QED) is 0.536.